The molecular weight excluding hydrogens is 315 g/mol. The van der Waals surface area contributed by atoms with E-state index in [1.165, 1.54) is 4.68 Å². The van der Waals surface area contributed by atoms with Gasteiger partial charge in [0.2, 0.25) is 0 Å². The van der Waals surface area contributed by atoms with Gasteiger partial charge >= 0.3 is 5.97 Å². The van der Waals surface area contributed by atoms with E-state index in [9.17, 15) is 4.79 Å². The van der Waals surface area contributed by atoms with Crippen LogP contribution in [0.2, 0.25) is 10.0 Å². The standard InChI is InChI=1S/C13H14Cl2N4O2/c1-7(2)10(6-11(20)21)19-13(16-17-18-19)8-4-3-5-9(14)12(8)15/h3-5,7,10H,6H2,1-2H3,(H,20,21). The van der Waals surface area contributed by atoms with Crippen LogP contribution in [0.5, 0.6) is 0 Å². The van der Waals surface area contributed by atoms with Crippen LogP contribution in [0, 0.1) is 5.92 Å². The molecule has 6 nitrogen and oxygen atoms in total. The van der Waals surface area contributed by atoms with Crippen LogP contribution >= 0.6 is 23.2 Å². The second-order valence-corrected chi connectivity index (χ2v) is 5.74. The summed E-state index contributed by atoms with van der Waals surface area (Å²) in [5.74, 6) is -0.462. The van der Waals surface area contributed by atoms with Gasteiger partial charge in [-0.1, -0.05) is 43.1 Å². The number of halogens is 2. The number of rotatable bonds is 5. The molecule has 0 aliphatic rings. The average Bonchev–Trinajstić information content (AvgIpc) is 2.87. The summed E-state index contributed by atoms with van der Waals surface area (Å²) < 4.78 is 1.50. The van der Waals surface area contributed by atoms with Gasteiger partial charge in [0.05, 0.1) is 22.5 Å². The van der Waals surface area contributed by atoms with Crippen molar-refractivity contribution in [2.45, 2.75) is 26.3 Å². The Labute approximate surface area is 131 Å². The third-order valence-corrected chi connectivity index (χ3v) is 3.97. The molecule has 0 spiro atoms. The number of carboxylic acids is 1. The Hall–Kier alpha value is -1.66. The molecule has 0 saturated carbocycles. The molecule has 0 fully saturated rings. The number of aliphatic carboxylic acids is 1. The quantitative estimate of drug-likeness (QED) is 0.910. The second-order valence-electron chi connectivity index (χ2n) is 4.96. The summed E-state index contributed by atoms with van der Waals surface area (Å²) in [5.41, 5.74) is 0.574. The zero-order chi connectivity index (χ0) is 15.6. The number of aromatic nitrogens is 4. The van der Waals surface area contributed by atoms with Gasteiger partial charge in [0, 0.05) is 5.56 Å². The second kappa shape index (κ2) is 6.41. The third-order valence-electron chi connectivity index (χ3n) is 3.15. The largest absolute Gasteiger partial charge is 0.481 e. The van der Waals surface area contributed by atoms with Gasteiger partial charge in [-0.05, 0) is 28.5 Å². The molecular formula is C13H14Cl2N4O2. The van der Waals surface area contributed by atoms with Gasteiger partial charge in [-0.3, -0.25) is 4.79 Å². The van der Waals surface area contributed by atoms with Crippen molar-refractivity contribution in [3.8, 4) is 11.4 Å². The zero-order valence-corrected chi connectivity index (χ0v) is 13.0. The van der Waals surface area contributed by atoms with Gasteiger partial charge in [-0.2, -0.15) is 0 Å². The highest BCUT2D eigenvalue weighted by molar-refractivity contribution is 6.43. The van der Waals surface area contributed by atoms with Gasteiger partial charge in [-0.25, -0.2) is 4.68 Å². The van der Waals surface area contributed by atoms with Crippen LogP contribution in [-0.4, -0.2) is 31.3 Å². The lowest BCUT2D eigenvalue weighted by Gasteiger charge is -2.20. The molecule has 21 heavy (non-hydrogen) atoms. The van der Waals surface area contributed by atoms with Crippen LogP contribution in [0.15, 0.2) is 18.2 Å². The SMILES string of the molecule is CC(C)C(CC(=O)O)n1nnnc1-c1cccc(Cl)c1Cl. The minimum absolute atomic E-state index is 0.0429. The molecule has 1 heterocycles. The Balaban J connectivity index is 2.51. The summed E-state index contributed by atoms with van der Waals surface area (Å²) in [6.07, 6.45) is -0.0755. The summed E-state index contributed by atoms with van der Waals surface area (Å²) >= 11 is 12.2. The Morgan fingerprint density at radius 3 is 2.71 bits per heavy atom. The van der Waals surface area contributed by atoms with Gasteiger partial charge in [0.25, 0.3) is 0 Å². The summed E-state index contributed by atoms with van der Waals surface area (Å²) in [5, 5.41) is 21.3. The highest BCUT2D eigenvalue weighted by Crippen LogP contribution is 2.34. The number of hydrogen-bond acceptors (Lipinski definition) is 4. The maximum Gasteiger partial charge on any atom is 0.305 e. The highest BCUT2D eigenvalue weighted by atomic mass is 35.5. The van der Waals surface area contributed by atoms with E-state index in [4.69, 9.17) is 28.3 Å². The first-order chi connectivity index (χ1) is 9.91. The van der Waals surface area contributed by atoms with Gasteiger partial charge in [-0.15, -0.1) is 5.10 Å². The Bertz CT molecular complexity index is 657. The van der Waals surface area contributed by atoms with E-state index in [0.717, 1.165) is 0 Å². The van der Waals surface area contributed by atoms with E-state index >= 15 is 0 Å². The van der Waals surface area contributed by atoms with E-state index in [1.54, 1.807) is 18.2 Å². The van der Waals surface area contributed by atoms with Crippen molar-refractivity contribution in [2.24, 2.45) is 5.92 Å². The fraction of sp³-hybridized carbons (Fsp3) is 0.385. The smallest absolute Gasteiger partial charge is 0.305 e. The molecule has 1 N–H and O–H groups in total. The number of carbonyl (C=O) groups is 1. The van der Waals surface area contributed by atoms with Crippen molar-refractivity contribution in [3.05, 3.63) is 28.2 Å². The van der Waals surface area contributed by atoms with Crippen LogP contribution < -0.4 is 0 Å². The molecule has 1 atom stereocenters. The van der Waals surface area contributed by atoms with E-state index in [-0.39, 0.29) is 18.4 Å². The number of tetrazole rings is 1. The van der Waals surface area contributed by atoms with Crippen molar-refractivity contribution < 1.29 is 9.90 Å². The van der Waals surface area contributed by atoms with Crippen molar-refractivity contribution in [3.63, 3.8) is 0 Å². The summed E-state index contributed by atoms with van der Waals surface area (Å²) in [6, 6.07) is 4.78. The molecule has 0 amide bonds. The molecule has 1 unspecified atom stereocenters. The average molecular weight is 329 g/mol. The van der Waals surface area contributed by atoms with E-state index in [2.05, 4.69) is 15.5 Å². The predicted octanol–water partition coefficient (Wildman–Crippen LogP) is 3.32. The van der Waals surface area contributed by atoms with Gasteiger partial charge in [0.1, 0.15) is 0 Å². The molecule has 1 aromatic heterocycles. The lowest BCUT2D eigenvalue weighted by molar-refractivity contribution is -0.138. The molecule has 0 aliphatic carbocycles. The van der Waals surface area contributed by atoms with Crippen molar-refractivity contribution in [1.82, 2.24) is 20.2 Å². The maximum absolute atomic E-state index is 11.0. The Morgan fingerprint density at radius 2 is 2.10 bits per heavy atom. The number of hydrogen-bond donors (Lipinski definition) is 1. The lowest BCUT2D eigenvalue weighted by atomic mass is 10.0. The van der Waals surface area contributed by atoms with Crippen LogP contribution in [0.4, 0.5) is 0 Å². The minimum atomic E-state index is -0.910. The first-order valence-corrected chi connectivity index (χ1v) is 7.11. The fourth-order valence-corrected chi connectivity index (χ4v) is 2.44. The fourth-order valence-electron chi connectivity index (χ4n) is 2.05. The number of nitrogens with zero attached hydrogens (tertiary/aromatic N) is 4. The molecule has 8 heteroatoms. The first-order valence-electron chi connectivity index (χ1n) is 6.35. The van der Waals surface area contributed by atoms with Crippen molar-refractivity contribution in [1.29, 1.82) is 0 Å². The third kappa shape index (κ3) is 3.33. The first kappa shape index (κ1) is 15.7. The lowest BCUT2D eigenvalue weighted by Crippen LogP contribution is -2.21. The minimum Gasteiger partial charge on any atom is -0.481 e. The number of carboxylic acid groups (broad SMARTS) is 1. The topological polar surface area (TPSA) is 80.9 Å². The monoisotopic (exact) mass is 328 g/mol. The summed E-state index contributed by atoms with van der Waals surface area (Å²) in [4.78, 5) is 11.0. The van der Waals surface area contributed by atoms with Crippen molar-refractivity contribution >= 4 is 29.2 Å². The Kier molecular flexibility index (Phi) is 4.80. The van der Waals surface area contributed by atoms with E-state index in [1.807, 2.05) is 13.8 Å². The summed E-state index contributed by atoms with van der Waals surface area (Å²) in [7, 11) is 0. The molecule has 2 aromatic rings. The molecule has 112 valence electrons. The molecule has 0 radical (unpaired) electrons. The maximum atomic E-state index is 11.0. The Morgan fingerprint density at radius 1 is 1.38 bits per heavy atom. The van der Waals surface area contributed by atoms with Crippen LogP contribution in [0.25, 0.3) is 11.4 Å². The van der Waals surface area contributed by atoms with Crippen molar-refractivity contribution in [2.75, 3.05) is 0 Å². The number of benzene rings is 1. The van der Waals surface area contributed by atoms with Crippen LogP contribution in [0.3, 0.4) is 0 Å². The van der Waals surface area contributed by atoms with Crippen LogP contribution in [0.1, 0.15) is 26.3 Å². The van der Waals surface area contributed by atoms with E-state index in [0.29, 0.717) is 21.4 Å². The molecule has 1 aromatic carbocycles. The predicted molar refractivity (Wildman–Crippen MR) is 79.4 cm³/mol. The molecule has 0 bridgehead atoms. The summed E-state index contributed by atoms with van der Waals surface area (Å²) in [6.45, 7) is 3.83. The molecule has 2 rings (SSSR count). The zero-order valence-electron chi connectivity index (χ0n) is 11.5. The van der Waals surface area contributed by atoms with Gasteiger partial charge < -0.3 is 5.11 Å². The molecule has 0 saturated heterocycles. The van der Waals surface area contributed by atoms with Crippen LogP contribution in [-0.2, 0) is 4.79 Å². The highest BCUT2D eigenvalue weighted by Gasteiger charge is 2.25. The van der Waals surface area contributed by atoms with Gasteiger partial charge in [0.15, 0.2) is 5.82 Å². The normalized spacial score (nSPS) is 12.6. The van der Waals surface area contributed by atoms with E-state index < -0.39 is 5.97 Å². The molecule has 0 aliphatic heterocycles.